The molecule has 4 aromatic rings. The SMILES string of the molecule is O=C(Cn1c(-c2ccc(Cl)cc2Cl)nc2ccccc21)Nc1ccccc1Cl. The fourth-order valence-corrected chi connectivity index (χ4v) is 3.68. The van der Waals surface area contributed by atoms with Crippen LogP contribution in [0.2, 0.25) is 15.1 Å². The molecule has 4 rings (SSSR count). The van der Waals surface area contributed by atoms with Gasteiger partial charge in [0.05, 0.1) is 26.8 Å². The number of carbonyl (C=O) groups excluding carboxylic acids is 1. The fourth-order valence-electron chi connectivity index (χ4n) is 3.01. The van der Waals surface area contributed by atoms with E-state index in [0.29, 0.717) is 32.1 Å². The molecule has 0 fully saturated rings. The molecule has 0 atom stereocenters. The Morgan fingerprint density at radius 2 is 1.68 bits per heavy atom. The molecule has 3 aromatic carbocycles. The number of carbonyl (C=O) groups is 1. The summed E-state index contributed by atoms with van der Waals surface area (Å²) in [6, 6.07) is 19.9. The first-order valence-electron chi connectivity index (χ1n) is 8.48. The molecule has 0 saturated heterocycles. The molecule has 0 spiro atoms. The van der Waals surface area contributed by atoms with Crippen LogP contribution in [0, 0.1) is 0 Å². The maximum Gasteiger partial charge on any atom is 0.244 e. The van der Waals surface area contributed by atoms with Crippen LogP contribution in [0.25, 0.3) is 22.4 Å². The smallest absolute Gasteiger partial charge is 0.244 e. The van der Waals surface area contributed by atoms with Crippen molar-refractivity contribution in [3.63, 3.8) is 0 Å². The van der Waals surface area contributed by atoms with E-state index in [-0.39, 0.29) is 12.5 Å². The largest absolute Gasteiger partial charge is 0.323 e. The predicted octanol–water partition coefficient (Wildman–Crippen LogP) is 6.30. The number of imidazole rings is 1. The van der Waals surface area contributed by atoms with E-state index in [4.69, 9.17) is 34.8 Å². The number of hydrogen-bond acceptors (Lipinski definition) is 2. The van der Waals surface area contributed by atoms with Crippen molar-refractivity contribution in [3.05, 3.63) is 81.8 Å². The quantitative estimate of drug-likeness (QED) is 0.413. The summed E-state index contributed by atoms with van der Waals surface area (Å²) in [6.45, 7) is 0.0556. The molecule has 7 heteroatoms. The zero-order valence-corrected chi connectivity index (χ0v) is 16.8. The van der Waals surface area contributed by atoms with Gasteiger partial charge in [0.1, 0.15) is 12.4 Å². The number of para-hydroxylation sites is 3. The number of nitrogens with zero attached hydrogens (tertiary/aromatic N) is 2. The summed E-state index contributed by atoms with van der Waals surface area (Å²) in [5.41, 5.74) is 2.87. The molecule has 1 aromatic heterocycles. The normalized spacial score (nSPS) is 11.0. The summed E-state index contributed by atoms with van der Waals surface area (Å²) in [6.07, 6.45) is 0. The van der Waals surface area contributed by atoms with Crippen molar-refractivity contribution >= 4 is 57.4 Å². The van der Waals surface area contributed by atoms with Gasteiger partial charge >= 0.3 is 0 Å². The predicted molar refractivity (Wildman–Crippen MR) is 115 cm³/mol. The number of hydrogen-bond donors (Lipinski definition) is 1. The first-order chi connectivity index (χ1) is 13.5. The van der Waals surface area contributed by atoms with Crippen molar-refractivity contribution in [1.82, 2.24) is 9.55 Å². The van der Waals surface area contributed by atoms with Crippen LogP contribution in [0.4, 0.5) is 5.69 Å². The van der Waals surface area contributed by atoms with E-state index < -0.39 is 0 Å². The molecule has 0 aliphatic rings. The number of amides is 1. The monoisotopic (exact) mass is 429 g/mol. The van der Waals surface area contributed by atoms with Gasteiger partial charge in [-0.15, -0.1) is 0 Å². The van der Waals surface area contributed by atoms with Gasteiger partial charge in [0.2, 0.25) is 5.91 Å². The van der Waals surface area contributed by atoms with Crippen LogP contribution in [0.3, 0.4) is 0 Å². The van der Waals surface area contributed by atoms with Gasteiger partial charge in [-0.25, -0.2) is 4.98 Å². The van der Waals surface area contributed by atoms with Crippen LogP contribution >= 0.6 is 34.8 Å². The molecule has 28 heavy (non-hydrogen) atoms. The average Bonchev–Trinajstić information content (AvgIpc) is 3.02. The van der Waals surface area contributed by atoms with E-state index in [1.165, 1.54) is 0 Å². The summed E-state index contributed by atoms with van der Waals surface area (Å²) < 4.78 is 1.83. The number of aromatic nitrogens is 2. The summed E-state index contributed by atoms with van der Waals surface area (Å²) in [4.78, 5) is 17.4. The Morgan fingerprint density at radius 3 is 2.46 bits per heavy atom. The molecular weight excluding hydrogens is 417 g/mol. The highest BCUT2D eigenvalue weighted by molar-refractivity contribution is 6.36. The van der Waals surface area contributed by atoms with E-state index in [9.17, 15) is 4.79 Å². The summed E-state index contributed by atoms with van der Waals surface area (Å²) in [5.74, 6) is 0.375. The van der Waals surface area contributed by atoms with E-state index in [2.05, 4.69) is 10.3 Å². The lowest BCUT2D eigenvalue weighted by Crippen LogP contribution is -2.19. The standard InChI is InChI=1S/C21H14Cl3N3O/c22-13-9-10-14(16(24)11-13)21-26-18-7-3-4-8-19(18)27(21)12-20(28)25-17-6-2-1-5-15(17)23/h1-11H,12H2,(H,25,28). The molecule has 0 radical (unpaired) electrons. The molecule has 0 bridgehead atoms. The third kappa shape index (κ3) is 3.72. The molecular formula is C21H14Cl3N3O. The molecule has 0 aliphatic heterocycles. The van der Waals surface area contributed by atoms with Gasteiger partial charge in [-0.3, -0.25) is 4.79 Å². The third-order valence-electron chi connectivity index (χ3n) is 4.28. The van der Waals surface area contributed by atoms with E-state index in [0.717, 1.165) is 11.0 Å². The summed E-state index contributed by atoms with van der Waals surface area (Å²) in [5, 5.41) is 4.32. The number of rotatable bonds is 4. The minimum Gasteiger partial charge on any atom is -0.323 e. The Balaban J connectivity index is 1.75. The van der Waals surface area contributed by atoms with Gasteiger partial charge in [0.25, 0.3) is 0 Å². The van der Waals surface area contributed by atoms with Crippen LogP contribution < -0.4 is 5.32 Å². The molecule has 0 aliphatic carbocycles. The highest BCUT2D eigenvalue weighted by Gasteiger charge is 2.18. The maximum atomic E-state index is 12.7. The first-order valence-corrected chi connectivity index (χ1v) is 9.61. The lowest BCUT2D eigenvalue weighted by molar-refractivity contribution is -0.116. The molecule has 4 nitrogen and oxygen atoms in total. The summed E-state index contributed by atoms with van der Waals surface area (Å²) in [7, 11) is 0. The number of benzene rings is 3. The second kappa shape index (κ2) is 7.84. The van der Waals surface area contributed by atoms with Crippen molar-refractivity contribution < 1.29 is 4.79 Å². The van der Waals surface area contributed by atoms with E-state index in [1.54, 1.807) is 30.3 Å². The molecule has 1 heterocycles. The lowest BCUT2D eigenvalue weighted by Gasteiger charge is -2.12. The first kappa shape index (κ1) is 18.8. The van der Waals surface area contributed by atoms with Gasteiger partial charge < -0.3 is 9.88 Å². The molecule has 0 saturated carbocycles. The van der Waals surface area contributed by atoms with Gasteiger partial charge in [-0.1, -0.05) is 59.1 Å². The van der Waals surface area contributed by atoms with Crippen molar-refractivity contribution in [2.45, 2.75) is 6.54 Å². The topological polar surface area (TPSA) is 46.9 Å². The second-order valence-electron chi connectivity index (χ2n) is 6.16. The second-order valence-corrected chi connectivity index (χ2v) is 7.41. The van der Waals surface area contributed by atoms with E-state index in [1.807, 2.05) is 41.0 Å². The maximum absolute atomic E-state index is 12.7. The van der Waals surface area contributed by atoms with Crippen LogP contribution in [-0.4, -0.2) is 15.5 Å². The fraction of sp³-hybridized carbons (Fsp3) is 0.0476. The van der Waals surface area contributed by atoms with Crippen molar-refractivity contribution in [2.24, 2.45) is 0 Å². The van der Waals surface area contributed by atoms with Crippen molar-refractivity contribution in [1.29, 1.82) is 0 Å². The van der Waals surface area contributed by atoms with Crippen molar-refractivity contribution in [2.75, 3.05) is 5.32 Å². The van der Waals surface area contributed by atoms with Crippen LogP contribution in [0.15, 0.2) is 66.7 Å². The number of anilines is 1. The Hall–Kier alpha value is -2.53. The highest BCUT2D eigenvalue weighted by atomic mass is 35.5. The van der Waals surface area contributed by atoms with Gasteiger partial charge in [-0.2, -0.15) is 0 Å². The Bertz CT molecular complexity index is 1190. The number of halogens is 3. The van der Waals surface area contributed by atoms with Gasteiger partial charge in [0, 0.05) is 10.6 Å². The molecule has 140 valence electrons. The van der Waals surface area contributed by atoms with Crippen LogP contribution in [0.5, 0.6) is 0 Å². The van der Waals surface area contributed by atoms with Crippen molar-refractivity contribution in [3.8, 4) is 11.4 Å². The van der Waals surface area contributed by atoms with E-state index >= 15 is 0 Å². The number of fused-ring (bicyclic) bond motifs is 1. The van der Waals surface area contributed by atoms with Gasteiger partial charge in [0.15, 0.2) is 0 Å². The highest BCUT2D eigenvalue weighted by Crippen LogP contribution is 2.32. The number of nitrogens with one attached hydrogen (secondary N) is 1. The third-order valence-corrected chi connectivity index (χ3v) is 5.15. The molecule has 0 unspecified atom stereocenters. The van der Waals surface area contributed by atoms with Crippen LogP contribution in [-0.2, 0) is 11.3 Å². The average molecular weight is 431 g/mol. The van der Waals surface area contributed by atoms with Crippen LogP contribution in [0.1, 0.15) is 0 Å². The lowest BCUT2D eigenvalue weighted by atomic mass is 10.2. The zero-order valence-electron chi connectivity index (χ0n) is 14.5. The minimum absolute atomic E-state index is 0.0556. The summed E-state index contributed by atoms with van der Waals surface area (Å²) >= 11 is 18.6. The Morgan fingerprint density at radius 1 is 0.929 bits per heavy atom. The zero-order chi connectivity index (χ0) is 19.7. The molecule has 1 amide bonds. The Kier molecular flexibility index (Phi) is 5.27. The molecule has 1 N–H and O–H groups in total. The van der Waals surface area contributed by atoms with Gasteiger partial charge in [-0.05, 0) is 42.5 Å². The Labute approximate surface area is 176 Å². The minimum atomic E-state index is -0.220.